The van der Waals surface area contributed by atoms with E-state index in [1.54, 1.807) is 0 Å². The maximum Gasteiger partial charge on any atom is 0.306 e. The number of aromatic nitrogens is 2. The molecule has 116 valence electrons. The molecule has 1 aliphatic rings. The Balaban J connectivity index is 1.84. The number of aryl methyl sites for hydroxylation is 1. The summed E-state index contributed by atoms with van der Waals surface area (Å²) in [6.45, 7) is 4.05. The Kier molecular flexibility index (Phi) is 3.96. The van der Waals surface area contributed by atoms with E-state index in [4.69, 9.17) is 9.26 Å². The molecule has 0 spiro atoms. The van der Waals surface area contributed by atoms with Crippen molar-refractivity contribution in [3.05, 3.63) is 35.2 Å². The number of benzene rings is 1. The van der Waals surface area contributed by atoms with Crippen LogP contribution >= 0.6 is 0 Å². The fourth-order valence-electron chi connectivity index (χ4n) is 2.93. The first-order valence-corrected chi connectivity index (χ1v) is 7.62. The maximum atomic E-state index is 11.5. The van der Waals surface area contributed by atoms with E-state index >= 15 is 0 Å². The first-order valence-electron chi connectivity index (χ1n) is 7.62. The lowest BCUT2D eigenvalue weighted by Gasteiger charge is -2.10. The predicted molar refractivity (Wildman–Crippen MR) is 81.5 cm³/mol. The van der Waals surface area contributed by atoms with Crippen LogP contribution in [-0.2, 0) is 16.0 Å². The second-order valence-electron chi connectivity index (χ2n) is 6.04. The van der Waals surface area contributed by atoms with Gasteiger partial charge in [-0.2, -0.15) is 4.98 Å². The predicted octanol–water partition coefficient (Wildman–Crippen LogP) is 3.45. The van der Waals surface area contributed by atoms with E-state index < -0.39 is 0 Å². The molecule has 0 radical (unpaired) electrons. The second-order valence-corrected chi connectivity index (χ2v) is 6.04. The molecule has 1 heterocycles. The van der Waals surface area contributed by atoms with Crippen LogP contribution in [0, 0.1) is 0 Å². The second kappa shape index (κ2) is 5.91. The van der Waals surface area contributed by atoms with Gasteiger partial charge in [-0.3, -0.25) is 4.79 Å². The quantitative estimate of drug-likeness (QED) is 0.809. The molecule has 5 heteroatoms. The highest BCUT2D eigenvalue weighted by atomic mass is 16.5. The molecule has 2 aromatic rings. The summed E-state index contributed by atoms with van der Waals surface area (Å²) in [6, 6.07) is 6.20. The third kappa shape index (κ3) is 2.75. The van der Waals surface area contributed by atoms with E-state index in [0.29, 0.717) is 18.1 Å². The molecule has 3 rings (SSSR count). The van der Waals surface area contributed by atoms with Gasteiger partial charge in [0.2, 0.25) is 11.7 Å². The van der Waals surface area contributed by atoms with Crippen molar-refractivity contribution in [2.45, 2.75) is 44.9 Å². The van der Waals surface area contributed by atoms with Crippen molar-refractivity contribution < 1.29 is 14.1 Å². The van der Waals surface area contributed by atoms with Crippen LogP contribution in [-0.4, -0.2) is 23.2 Å². The van der Waals surface area contributed by atoms with Gasteiger partial charge < -0.3 is 9.26 Å². The van der Waals surface area contributed by atoms with E-state index in [1.165, 1.54) is 18.2 Å². The van der Waals surface area contributed by atoms with Gasteiger partial charge in [0.25, 0.3) is 0 Å². The zero-order valence-electron chi connectivity index (χ0n) is 13.1. The van der Waals surface area contributed by atoms with E-state index in [1.807, 2.05) is 19.9 Å². The van der Waals surface area contributed by atoms with Crippen molar-refractivity contribution in [3.8, 4) is 11.4 Å². The smallest absolute Gasteiger partial charge is 0.306 e. The summed E-state index contributed by atoms with van der Waals surface area (Å²) in [7, 11) is 1.43. The van der Waals surface area contributed by atoms with Crippen LogP contribution in [0.1, 0.15) is 55.5 Å². The zero-order valence-corrected chi connectivity index (χ0v) is 13.1. The van der Waals surface area contributed by atoms with Gasteiger partial charge in [-0.25, -0.2) is 0 Å². The summed E-state index contributed by atoms with van der Waals surface area (Å²) in [5, 5.41) is 4.05. The molecular formula is C17H20N2O3. The summed E-state index contributed by atoms with van der Waals surface area (Å²) in [6.07, 6.45) is 2.40. The number of esters is 1. The SMILES string of the molecule is COC(=O)C[C@@H]1CCc2cc(-c3noc(C(C)C)n3)ccc21. The van der Waals surface area contributed by atoms with Gasteiger partial charge in [0, 0.05) is 11.5 Å². The Hall–Kier alpha value is -2.17. The van der Waals surface area contributed by atoms with Gasteiger partial charge >= 0.3 is 5.97 Å². The number of carbonyl (C=O) groups excluding carboxylic acids is 1. The van der Waals surface area contributed by atoms with E-state index in [-0.39, 0.29) is 17.8 Å². The average Bonchev–Trinajstić information content (AvgIpc) is 3.14. The lowest BCUT2D eigenvalue weighted by Crippen LogP contribution is -2.06. The maximum absolute atomic E-state index is 11.5. The van der Waals surface area contributed by atoms with Crippen LogP contribution in [0.4, 0.5) is 0 Å². The highest BCUT2D eigenvalue weighted by molar-refractivity contribution is 5.71. The molecule has 5 nitrogen and oxygen atoms in total. The third-order valence-electron chi connectivity index (χ3n) is 4.18. The molecule has 22 heavy (non-hydrogen) atoms. The van der Waals surface area contributed by atoms with Crippen molar-refractivity contribution in [3.63, 3.8) is 0 Å². The number of carbonyl (C=O) groups is 1. The number of fused-ring (bicyclic) bond motifs is 1. The molecule has 1 atom stereocenters. The van der Waals surface area contributed by atoms with Crippen LogP contribution in [0.15, 0.2) is 22.7 Å². The Labute approximate surface area is 129 Å². The summed E-state index contributed by atoms with van der Waals surface area (Å²) < 4.78 is 10.0. The first kappa shape index (κ1) is 14.8. The van der Waals surface area contributed by atoms with Gasteiger partial charge in [0.1, 0.15) is 0 Å². The molecule has 0 saturated carbocycles. The number of rotatable bonds is 4. The molecule has 1 aromatic carbocycles. The largest absolute Gasteiger partial charge is 0.469 e. The minimum Gasteiger partial charge on any atom is -0.469 e. The summed E-state index contributed by atoms with van der Waals surface area (Å²) in [5.74, 6) is 1.61. The summed E-state index contributed by atoms with van der Waals surface area (Å²) >= 11 is 0. The molecule has 0 fully saturated rings. The van der Waals surface area contributed by atoms with Gasteiger partial charge in [-0.15, -0.1) is 0 Å². The van der Waals surface area contributed by atoms with Crippen LogP contribution < -0.4 is 0 Å². The van der Waals surface area contributed by atoms with E-state index in [9.17, 15) is 4.79 Å². The number of hydrogen-bond acceptors (Lipinski definition) is 5. The number of ether oxygens (including phenoxy) is 1. The van der Waals surface area contributed by atoms with E-state index in [0.717, 1.165) is 18.4 Å². The first-order chi connectivity index (χ1) is 10.6. The normalized spacial score (nSPS) is 16.8. The van der Waals surface area contributed by atoms with Crippen LogP contribution in [0.3, 0.4) is 0 Å². The third-order valence-corrected chi connectivity index (χ3v) is 4.18. The zero-order chi connectivity index (χ0) is 15.7. The van der Waals surface area contributed by atoms with Gasteiger partial charge in [-0.1, -0.05) is 31.1 Å². The van der Waals surface area contributed by atoms with Crippen LogP contribution in [0.2, 0.25) is 0 Å². The minimum atomic E-state index is -0.151. The van der Waals surface area contributed by atoms with Crippen LogP contribution in [0.5, 0.6) is 0 Å². The molecular weight excluding hydrogens is 280 g/mol. The summed E-state index contributed by atoms with van der Waals surface area (Å²) in [4.78, 5) is 15.9. The Morgan fingerprint density at radius 1 is 1.45 bits per heavy atom. The molecule has 0 unspecified atom stereocenters. The number of methoxy groups -OCH3 is 1. The number of hydrogen-bond donors (Lipinski definition) is 0. The van der Waals surface area contributed by atoms with Gasteiger partial charge in [0.05, 0.1) is 13.5 Å². The van der Waals surface area contributed by atoms with Crippen LogP contribution in [0.25, 0.3) is 11.4 Å². The van der Waals surface area contributed by atoms with Crippen molar-refractivity contribution in [2.24, 2.45) is 0 Å². The molecule has 0 aliphatic heterocycles. The van der Waals surface area contributed by atoms with Crippen molar-refractivity contribution in [1.82, 2.24) is 10.1 Å². The van der Waals surface area contributed by atoms with Gasteiger partial charge in [0.15, 0.2) is 0 Å². The highest BCUT2D eigenvalue weighted by Gasteiger charge is 2.25. The highest BCUT2D eigenvalue weighted by Crippen LogP contribution is 2.37. The van der Waals surface area contributed by atoms with Crippen molar-refractivity contribution in [2.75, 3.05) is 7.11 Å². The van der Waals surface area contributed by atoms with Crippen molar-refractivity contribution in [1.29, 1.82) is 0 Å². The minimum absolute atomic E-state index is 0.151. The van der Waals surface area contributed by atoms with Crippen molar-refractivity contribution >= 4 is 5.97 Å². The number of nitrogens with zero attached hydrogens (tertiary/aromatic N) is 2. The average molecular weight is 300 g/mol. The van der Waals surface area contributed by atoms with E-state index in [2.05, 4.69) is 22.3 Å². The monoisotopic (exact) mass is 300 g/mol. The Morgan fingerprint density at radius 3 is 2.95 bits per heavy atom. The fraction of sp³-hybridized carbons (Fsp3) is 0.471. The lowest BCUT2D eigenvalue weighted by atomic mass is 9.97. The molecule has 1 aliphatic carbocycles. The Bertz CT molecular complexity index is 691. The lowest BCUT2D eigenvalue weighted by molar-refractivity contribution is -0.141. The molecule has 0 N–H and O–H groups in total. The molecule has 0 saturated heterocycles. The Morgan fingerprint density at radius 2 is 2.27 bits per heavy atom. The molecule has 1 aromatic heterocycles. The standard InChI is InChI=1S/C17H20N2O3/c1-10(2)17-18-16(19-22-17)13-6-7-14-11(8-13)4-5-12(14)9-15(20)21-3/h6-8,10,12H,4-5,9H2,1-3H3/t12-/m0/s1. The molecule has 0 amide bonds. The topological polar surface area (TPSA) is 65.2 Å². The fourth-order valence-corrected chi connectivity index (χ4v) is 2.93. The van der Waals surface area contributed by atoms with Gasteiger partial charge in [-0.05, 0) is 36.0 Å². The molecule has 0 bridgehead atoms. The summed E-state index contributed by atoms with van der Waals surface area (Å²) in [5.41, 5.74) is 3.47.